The second kappa shape index (κ2) is 8.88. The summed E-state index contributed by atoms with van der Waals surface area (Å²) in [6.45, 7) is 0. The Morgan fingerprint density at radius 3 is 1.90 bits per heavy atom. The standard InChI is InChI=1S/C13H12N.CH4O3S.Pd/c1-14-13-10-6-5-9-12(13)11-7-3-2-4-8-11;1-5(2,3)4;/h2-10H,1H3;1H3,(H,2,3,4);/q-1;;. The van der Waals surface area contributed by atoms with Crippen molar-refractivity contribution >= 4 is 15.8 Å². The molecule has 0 spiro atoms. The minimum atomic E-state index is -3.67. The molecule has 0 unspecified atom stereocenters. The molecule has 1 N–H and O–H groups in total. The first-order valence-corrected chi connectivity index (χ1v) is 7.43. The van der Waals surface area contributed by atoms with Gasteiger partial charge in [-0.2, -0.15) is 8.42 Å². The molecule has 0 aliphatic carbocycles. The van der Waals surface area contributed by atoms with Crippen molar-refractivity contribution in [3.8, 4) is 11.1 Å². The van der Waals surface area contributed by atoms with E-state index in [9.17, 15) is 8.42 Å². The van der Waals surface area contributed by atoms with E-state index in [0.717, 1.165) is 5.69 Å². The van der Waals surface area contributed by atoms with Crippen LogP contribution in [0.25, 0.3) is 16.4 Å². The van der Waals surface area contributed by atoms with Crippen LogP contribution in [0.15, 0.2) is 54.6 Å². The first kappa shape index (κ1) is 18.8. The van der Waals surface area contributed by atoms with Gasteiger partial charge < -0.3 is 5.32 Å². The van der Waals surface area contributed by atoms with Crippen LogP contribution >= 0.6 is 0 Å². The SMILES string of the molecule is CS(=O)(=O)O.C[N-]c1ccccc1-c1ccccc1.[Pd]. The van der Waals surface area contributed by atoms with Crippen LogP contribution in [0, 0.1) is 0 Å². The van der Waals surface area contributed by atoms with Crippen LogP contribution in [-0.2, 0) is 30.5 Å². The quantitative estimate of drug-likeness (QED) is 0.636. The van der Waals surface area contributed by atoms with Crippen LogP contribution in [0.1, 0.15) is 0 Å². The van der Waals surface area contributed by atoms with Crippen molar-refractivity contribution < 1.29 is 33.4 Å². The molecule has 0 fully saturated rings. The third-order valence-corrected chi connectivity index (χ3v) is 2.23. The van der Waals surface area contributed by atoms with E-state index < -0.39 is 10.1 Å². The maximum atomic E-state index is 9.19. The molecule has 0 aromatic heterocycles. The summed E-state index contributed by atoms with van der Waals surface area (Å²) in [5.74, 6) is 0. The Balaban J connectivity index is 0.000000526. The Hall–Kier alpha value is -1.19. The molecular formula is C14H16NO3PdS-. The zero-order valence-corrected chi connectivity index (χ0v) is 13.5. The van der Waals surface area contributed by atoms with E-state index in [2.05, 4.69) is 23.5 Å². The minimum absolute atomic E-state index is 0. The Kier molecular flexibility index (Phi) is 8.35. The van der Waals surface area contributed by atoms with Crippen molar-refractivity contribution in [1.82, 2.24) is 0 Å². The first-order chi connectivity index (χ1) is 8.92. The minimum Gasteiger partial charge on any atom is -0.686 e. The normalized spacial score (nSPS) is 9.75. The second-order valence-electron chi connectivity index (χ2n) is 3.84. The van der Waals surface area contributed by atoms with E-state index in [0.29, 0.717) is 6.26 Å². The summed E-state index contributed by atoms with van der Waals surface area (Å²) in [7, 11) is -1.85. The Labute approximate surface area is 133 Å². The zero-order valence-electron chi connectivity index (χ0n) is 11.1. The molecule has 0 aliphatic rings. The number of benzene rings is 2. The molecule has 2 rings (SSSR count). The summed E-state index contributed by atoms with van der Waals surface area (Å²) in [6.07, 6.45) is 0.715. The summed E-state index contributed by atoms with van der Waals surface area (Å²) in [5, 5.41) is 4.25. The van der Waals surface area contributed by atoms with Crippen molar-refractivity contribution in [3.63, 3.8) is 0 Å². The molecule has 0 amide bonds. The fraction of sp³-hybridized carbons (Fsp3) is 0.143. The van der Waals surface area contributed by atoms with Gasteiger partial charge in [0.05, 0.1) is 6.26 Å². The predicted octanol–water partition coefficient (Wildman–Crippen LogP) is 3.49. The molecular weight excluding hydrogens is 369 g/mol. The van der Waals surface area contributed by atoms with Crippen LogP contribution in [0.5, 0.6) is 0 Å². The molecule has 4 nitrogen and oxygen atoms in total. The summed E-state index contributed by atoms with van der Waals surface area (Å²) >= 11 is 0. The molecule has 0 saturated carbocycles. The molecule has 20 heavy (non-hydrogen) atoms. The number of nitrogens with zero attached hydrogens (tertiary/aromatic N) is 1. The fourth-order valence-electron chi connectivity index (χ4n) is 1.53. The largest absolute Gasteiger partial charge is 0.686 e. The molecule has 6 heteroatoms. The van der Waals surface area contributed by atoms with Crippen molar-refractivity contribution in [2.24, 2.45) is 0 Å². The van der Waals surface area contributed by atoms with E-state index in [4.69, 9.17) is 4.55 Å². The van der Waals surface area contributed by atoms with E-state index in [1.165, 1.54) is 11.1 Å². The molecule has 0 atom stereocenters. The van der Waals surface area contributed by atoms with Crippen molar-refractivity contribution in [2.75, 3.05) is 13.3 Å². The average molecular weight is 385 g/mol. The third kappa shape index (κ3) is 7.41. The van der Waals surface area contributed by atoms with Gasteiger partial charge in [-0.1, -0.05) is 54.6 Å². The molecule has 0 saturated heterocycles. The molecule has 0 bridgehead atoms. The number of hydrogen-bond donors (Lipinski definition) is 1. The second-order valence-corrected chi connectivity index (χ2v) is 5.31. The van der Waals surface area contributed by atoms with Gasteiger partial charge in [-0.15, -0.1) is 12.7 Å². The molecule has 2 aromatic rings. The van der Waals surface area contributed by atoms with Gasteiger partial charge in [0, 0.05) is 20.4 Å². The molecule has 0 radical (unpaired) electrons. The van der Waals surface area contributed by atoms with Gasteiger partial charge in [-0.05, 0) is 11.1 Å². The number of para-hydroxylation sites is 1. The topological polar surface area (TPSA) is 68.5 Å². The van der Waals surface area contributed by atoms with Crippen molar-refractivity contribution in [2.45, 2.75) is 0 Å². The summed E-state index contributed by atoms with van der Waals surface area (Å²) in [5.41, 5.74) is 3.45. The summed E-state index contributed by atoms with van der Waals surface area (Å²) < 4.78 is 25.9. The smallest absolute Gasteiger partial charge is 0.261 e. The van der Waals surface area contributed by atoms with E-state index in [-0.39, 0.29) is 20.4 Å². The van der Waals surface area contributed by atoms with Gasteiger partial charge in [0.15, 0.2) is 0 Å². The molecule has 2 aromatic carbocycles. The average Bonchev–Trinajstić information content (AvgIpc) is 2.38. The van der Waals surface area contributed by atoms with E-state index >= 15 is 0 Å². The monoisotopic (exact) mass is 384 g/mol. The maximum Gasteiger partial charge on any atom is 0.261 e. The molecule has 0 heterocycles. The van der Waals surface area contributed by atoms with Crippen LogP contribution in [0.4, 0.5) is 5.69 Å². The Morgan fingerprint density at radius 2 is 1.40 bits per heavy atom. The van der Waals surface area contributed by atoms with Crippen LogP contribution in [-0.4, -0.2) is 26.3 Å². The zero-order chi connectivity index (χ0) is 14.3. The molecule has 112 valence electrons. The van der Waals surface area contributed by atoms with Gasteiger partial charge in [0.1, 0.15) is 0 Å². The first-order valence-electron chi connectivity index (χ1n) is 5.58. The van der Waals surface area contributed by atoms with E-state index in [1.807, 2.05) is 43.4 Å². The van der Waals surface area contributed by atoms with Gasteiger partial charge in [0.2, 0.25) is 0 Å². The summed E-state index contributed by atoms with van der Waals surface area (Å²) in [4.78, 5) is 0. The Morgan fingerprint density at radius 1 is 0.950 bits per heavy atom. The summed E-state index contributed by atoms with van der Waals surface area (Å²) in [6, 6.07) is 18.5. The van der Waals surface area contributed by atoms with Crippen LogP contribution in [0.3, 0.4) is 0 Å². The maximum absolute atomic E-state index is 9.19. The van der Waals surface area contributed by atoms with Crippen LogP contribution in [0.2, 0.25) is 0 Å². The number of hydrogen-bond acceptors (Lipinski definition) is 2. The van der Waals surface area contributed by atoms with Crippen molar-refractivity contribution in [3.05, 3.63) is 59.9 Å². The van der Waals surface area contributed by atoms with Gasteiger partial charge >= 0.3 is 0 Å². The van der Waals surface area contributed by atoms with E-state index in [1.54, 1.807) is 0 Å². The van der Waals surface area contributed by atoms with Gasteiger partial charge in [-0.25, -0.2) is 0 Å². The van der Waals surface area contributed by atoms with Gasteiger partial charge in [0.25, 0.3) is 10.1 Å². The molecule has 0 aliphatic heterocycles. The van der Waals surface area contributed by atoms with Gasteiger partial charge in [-0.3, -0.25) is 4.55 Å². The third-order valence-electron chi connectivity index (χ3n) is 2.23. The predicted molar refractivity (Wildman–Crippen MR) is 78.3 cm³/mol. The van der Waals surface area contributed by atoms with Crippen molar-refractivity contribution in [1.29, 1.82) is 0 Å². The number of rotatable bonds is 2. The fourth-order valence-corrected chi connectivity index (χ4v) is 1.53. The van der Waals surface area contributed by atoms with Crippen LogP contribution < -0.4 is 0 Å². The Bertz CT molecular complexity index is 607.